The van der Waals surface area contributed by atoms with Crippen molar-refractivity contribution in [3.63, 3.8) is 0 Å². The molecule has 0 aromatic heterocycles. The number of nitrogens with one attached hydrogen (secondary N) is 1. The predicted molar refractivity (Wildman–Crippen MR) is 116 cm³/mol. The lowest BCUT2D eigenvalue weighted by Gasteiger charge is -2.35. The molecular weight excluding hydrogens is 390 g/mol. The Morgan fingerprint density at radius 3 is 2.46 bits per heavy atom. The van der Waals surface area contributed by atoms with Crippen LogP contribution in [0.1, 0.15) is 23.1 Å². The third kappa shape index (κ3) is 3.79. The van der Waals surface area contributed by atoms with Crippen molar-refractivity contribution in [3.05, 3.63) is 59.2 Å². The Hall–Kier alpha value is -1.96. The number of thiocarbonyl (C=S) groups is 1. The third-order valence-corrected chi connectivity index (χ3v) is 7.88. The number of hydrogen-bond donors (Lipinski definition) is 1. The standard InChI is InChI=1S/C21H25N3O2S2/c1-16-5-2-3-8-20(16)22-21(27)23-11-13-24(14-12-23)28(25,26)19-10-9-17-6-4-7-18(17)15-19/h2-3,5,8-10,15H,4,6-7,11-14H2,1H3,(H,22,27). The van der Waals surface area contributed by atoms with Crippen molar-refractivity contribution in [2.75, 3.05) is 31.5 Å². The van der Waals surface area contributed by atoms with Crippen LogP contribution in [0.4, 0.5) is 5.69 Å². The number of anilines is 1. The molecule has 1 aliphatic carbocycles. The summed E-state index contributed by atoms with van der Waals surface area (Å²) in [5.74, 6) is 0. The number of fused-ring (bicyclic) bond motifs is 1. The fourth-order valence-electron chi connectivity index (χ4n) is 3.90. The van der Waals surface area contributed by atoms with Gasteiger partial charge in [-0.15, -0.1) is 0 Å². The van der Waals surface area contributed by atoms with Gasteiger partial charge >= 0.3 is 0 Å². The minimum absolute atomic E-state index is 0.419. The van der Waals surface area contributed by atoms with E-state index < -0.39 is 10.0 Å². The van der Waals surface area contributed by atoms with Crippen molar-refractivity contribution in [1.29, 1.82) is 0 Å². The van der Waals surface area contributed by atoms with E-state index in [1.165, 1.54) is 11.1 Å². The number of aryl methyl sites for hydroxylation is 3. The van der Waals surface area contributed by atoms with Gasteiger partial charge in [-0.1, -0.05) is 24.3 Å². The smallest absolute Gasteiger partial charge is 0.243 e. The number of sulfonamides is 1. The molecule has 0 unspecified atom stereocenters. The zero-order valence-corrected chi connectivity index (χ0v) is 17.7. The largest absolute Gasteiger partial charge is 0.346 e. The van der Waals surface area contributed by atoms with Crippen molar-refractivity contribution < 1.29 is 8.42 Å². The number of para-hydroxylation sites is 1. The fourth-order valence-corrected chi connectivity index (χ4v) is 5.66. The summed E-state index contributed by atoms with van der Waals surface area (Å²) in [4.78, 5) is 2.46. The van der Waals surface area contributed by atoms with Gasteiger partial charge in [0.1, 0.15) is 0 Å². The number of nitrogens with zero attached hydrogens (tertiary/aromatic N) is 2. The monoisotopic (exact) mass is 415 g/mol. The first-order chi connectivity index (χ1) is 13.4. The molecule has 148 valence electrons. The van der Waals surface area contributed by atoms with Crippen LogP contribution in [0.15, 0.2) is 47.4 Å². The van der Waals surface area contributed by atoms with Crippen LogP contribution < -0.4 is 5.32 Å². The zero-order chi connectivity index (χ0) is 19.7. The molecule has 4 rings (SSSR count). The fraction of sp³-hybridized carbons (Fsp3) is 0.381. The van der Waals surface area contributed by atoms with Gasteiger partial charge in [-0.2, -0.15) is 4.31 Å². The van der Waals surface area contributed by atoms with E-state index in [-0.39, 0.29) is 0 Å². The van der Waals surface area contributed by atoms with Gasteiger partial charge in [0.05, 0.1) is 4.90 Å². The van der Waals surface area contributed by atoms with Gasteiger partial charge in [0, 0.05) is 31.9 Å². The van der Waals surface area contributed by atoms with Crippen molar-refractivity contribution in [1.82, 2.24) is 9.21 Å². The molecule has 1 saturated heterocycles. The minimum atomic E-state index is -3.46. The zero-order valence-electron chi connectivity index (χ0n) is 16.0. The summed E-state index contributed by atoms with van der Waals surface area (Å²) in [5, 5.41) is 3.93. The second-order valence-corrected chi connectivity index (χ2v) is 9.74. The van der Waals surface area contributed by atoms with Crippen molar-refractivity contribution >= 4 is 33.0 Å². The van der Waals surface area contributed by atoms with E-state index in [0.717, 1.165) is 30.5 Å². The third-order valence-electron chi connectivity index (χ3n) is 5.62. The Morgan fingerprint density at radius 2 is 1.71 bits per heavy atom. The molecule has 0 bridgehead atoms. The summed E-state index contributed by atoms with van der Waals surface area (Å²) in [6, 6.07) is 13.6. The maximum atomic E-state index is 13.1. The van der Waals surface area contributed by atoms with Gasteiger partial charge in [-0.25, -0.2) is 8.42 Å². The number of benzene rings is 2. The Labute approximate surface area is 172 Å². The SMILES string of the molecule is Cc1ccccc1NC(=S)N1CCN(S(=O)(=O)c2ccc3c(c2)CCC3)CC1. The van der Waals surface area contributed by atoms with Crippen LogP contribution >= 0.6 is 12.2 Å². The van der Waals surface area contributed by atoms with E-state index in [1.807, 2.05) is 48.2 Å². The Balaban J connectivity index is 1.41. The summed E-state index contributed by atoms with van der Waals surface area (Å²) in [6.07, 6.45) is 3.15. The predicted octanol–water partition coefficient (Wildman–Crippen LogP) is 3.19. The molecule has 0 amide bonds. The Kier molecular flexibility index (Phi) is 5.40. The molecule has 0 spiro atoms. The Bertz CT molecular complexity index is 996. The van der Waals surface area contributed by atoms with Crippen LogP contribution in [-0.2, 0) is 22.9 Å². The highest BCUT2D eigenvalue weighted by Crippen LogP contribution is 2.27. The van der Waals surface area contributed by atoms with E-state index in [2.05, 4.69) is 5.32 Å². The molecule has 1 fully saturated rings. The first kappa shape index (κ1) is 19.4. The van der Waals surface area contributed by atoms with Gasteiger partial charge in [0.2, 0.25) is 10.0 Å². The molecule has 5 nitrogen and oxygen atoms in total. The summed E-state index contributed by atoms with van der Waals surface area (Å²) in [6.45, 7) is 4.08. The van der Waals surface area contributed by atoms with Crippen molar-refractivity contribution in [2.24, 2.45) is 0 Å². The molecule has 0 radical (unpaired) electrons. The van der Waals surface area contributed by atoms with E-state index >= 15 is 0 Å². The van der Waals surface area contributed by atoms with Gasteiger partial charge in [0.15, 0.2) is 5.11 Å². The maximum absolute atomic E-state index is 13.1. The number of rotatable bonds is 3. The molecule has 1 aliphatic heterocycles. The quantitative estimate of drug-likeness (QED) is 0.781. The number of hydrogen-bond acceptors (Lipinski definition) is 3. The van der Waals surface area contributed by atoms with Gasteiger partial charge in [-0.05, 0) is 73.3 Å². The van der Waals surface area contributed by atoms with E-state index in [9.17, 15) is 8.42 Å². The highest BCUT2D eigenvalue weighted by molar-refractivity contribution is 7.89. The number of piperazine rings is 1. The molecule has 7 heteroatoms. The van der Waals surface area contributed by atoms with E-state index in [1.54, 1.807) is 10.4 Å². The molecule has 1 N–H and O–H groups in total. The summed E-state index contributed by atoms with van der Waals surface area (Å²) in [7, 11) is -3.46. The summed E-state index contributed by atoms with van der Waals surface area (Å²) < 4.78 is 27.7. The van der Waals surface area contributed by atoms with Crippen LogP contribution in [0.3, 0.4) is 0 Å². The second-order valence-electron chi connectivity index (χ2n) is 7.42. The first-order valence-corrected chi connectivity index (χ1v) is 11.5. The van der Waals surface area contributed by atoms with Crippen LogP contribution in [0.2, 0.25) is 0 Å². The van der Waals surface area contributed by atoms with Crippen LogP contribution in [0.25, 0.3) is 0 Å². The normalized spacial score (nSPS) is 17.4. The highest BCUT2D eigenvalue weighted by Gasteiger charge is 2.30. The minimum Gasteiger partial charge on any atom is -0.346 e. The van der Waals surface area contributed by atoms with Gasteiger partial charge in [-0.3, -0.25) is 0 Å². The van der Waals surface area contributed by atoms with E-state index in [0.29, 0.717) is 36.2 Å². The molecule has 1 heterocycles. The topological polar surface area (TPSA) is 52.6 Å². The van der Waals surface area contributed by atoms with Gasteiger partial charge < -0.3 is 10.2 Å². The average Bonchev–Trinajstić information content (AvgIpc) is 3.17. The molecule has 0 atom stereocenters. The summed E-state index contributed by atoms with van der Waals surface area (Å²) in [5.41, 5.74) is 4.59. The lowest BCUT2D eigenvalue weighted by Crippen LogP contribution is -2.51. The molecule has 0 saturated carbocycles. The van der Waals surface area contributed by atoms with Crippen LogP contribution in [-0.4, -0.2) is 48.9 Å². The van der Waals surface area contributed by atoms with Crippen molar-refractivity contribution in [3.8, 4) is 0 Å². The second kappa shape index (κ2) is 7.81. The maximum Gasteiger partial charge on any atom is 0.243 e. The molecule has 2 aliphatic rings. The Morgan fingerprint density at radius 1 is 1.00 bits per heavy atom. The van der Waals surface area contributed by atoms with Crippen molar-refractivity contribution in [2.45, 2.75) is 31.1 Å². The molecule has 28 heavy (non-hydrogen) atoms. The highest BCUT2D eigenvalue weighted by atomic mass is 32.2. The molecular formula is C21H25N3O2S2. The average molecular weight is 416 g/mol. The first-order valence-electron chi connectivity index (χ1n) is 9.69. The molecule has 2 aromatic carbocycles. The van der Waals surface area contributed by atoms with Crippen LogP contribution in [0, 0.1) is 6.92 Å². The van der Waals surface area contributed by atoms with E-state index in [4.69, 9.17) is 12.2 Å². The lowest BCUT2D eigenvalue weighted by molar-refractivity contribution is 0.268. The lowest BCUT2D eigenvalue weighted by atomic mass is 10.1. The summed E-state index contributed by atoms with van der Waals surface area (Å²) >= 11 is 5.54. The van der Waals surface area contributed by atoms with Gasteiger partial charge in [0.25, 0.3) is 0 Å². The van der Waals surface area contributed by atoms with Crippen LogP contribution in [0.5, 0.6) is 0 Å². The molecule has 2 aromatic rings.